The molecule has 0 saturated carbocycles. The summed E-state index contributed by atoms with van der Waals surface area (Å²) in [6.45, 7) is 2.82. The molecule has 10 aromatic rings. The Hall–Kier alpha value is -4.41. The minimum atomic E-state index is -0.295. The van der Waals surface area contributed by atoms with Gasteiger partial charge in [-0.1, -0.05) is 31.9 Å². The van der Waals surface area contributed by atoms with Gasteiger partial charge in [-0.05, 0) is 99.0 Å². The minimum Gasteiger partial charge on any atom is -1.00 e. The molecular formula is C45H41Br2F2IN6O2. The van der Waals surface area contributed by atoms with E-state index in [-0.39, 0.29) is 35.6 Å². The Morgan fingerprint density at radius 2 is 0.879 bits per heavy atom. The van der Waals surface area contributed by atoms with Gasteiger partial charge in [-0.15, -0.1) is 0 Å². The normalized spacial score (nSPS) is 12.2. The number of nitrogens with zero attached hydrogens (tertiary/aromatic N) is 2. The van der Waals surface area contributed by atoms with Crippen LogP contribution in [0, 0.1) is 11.6 Å². The number of rotatable bonds is 8. The third-order valence-electron chi connectivity index (χ3n) is 10.5. The number of benzene rings is 6. The van der Waals surface area contributed by atoms with Crippen LogP contribution in [0.4, 0.5) is 8.78 Å². The standard InChI is InChI=1S/C23H22F2N3O.C22H19Br2N3O.HI/c1-28(2,3)8-9-29-23-21-17(15-10-13(24)4-6-19(15)26-21)12-18-16-11-14(25)5-7-20(16)27-22(18)23;1-27(2)7-8-28-22-20-16(14-9-12(23)3-5-18(14)25-20)11-17-15-10-13(24)4-6-19(15)26-21(17)22;/h4-7,10-12,26-27H,8-9H2,1-3H3;3-6,9-11,25-26H,7-8H2,1-2H3;1H/q+1;;/p-1. The SMILES string of the molecule is CN(C)CCOc1c2[nH]c3ccc(Br)cc3c2cc2c1[nH]c1ccc(Br)cc12.C[N+](C)(C)CCOc1c2[nH]c3ccc(F)cc3c2cc2c1[nH]c1ccc(F)cc12.[I-]. The van der Waals surface area contributed by atoms with Crippen molar-refractivity contribution in [3.8, 4) is 11.5 Å². The van der Waals surface area contributed by atoms with E-state index >= 15 is 0 Å². The molecule has 0 bridgehead atoms. The molecule has 0 radical (unpaired) electrons. The molecule has 0 amide bonds. The molecule has 13 heteroatoms. The first-order valence-electron chi connectivity index (χ1n) is 18.7. The second-order valence-electron chi connectivity index (χ2n) is 15.9. The topological polar surface area (TPSA) is 84.9 Å². The van der Waals surface area contributed by atoms with E-state index in [1.165, 1.54) is 45.8 Å². The summed E-state index contributed by atoms with van der Waals surface area (Å²) in [6, 6.07) is 26.3. The molecule has 4 heterocycles. The van der Waals surface area contributed by atoms with E-state index in [0.29, 0.717) is 19.0 Å². The number of likely N-dealkylation sites (N-methyl/N-ethyl adjacent to an activating group) is 2. The van der Waals surface area contributed by atoms with Gasteiger partial charge in [-0.25, -0.2) is 8.78 Å². The largest absolute Gasteiger partial charge is 1.00 e. The van der Waals surface area contributed by atoms with Crippen LogP contribution in [0.3, 0.4) is 0 Å². The maximum absolute atomic E-state index is 13.9. The molecule has 0 aliphatic carbocycles. The lowest BCUT2D eigenvalue weighted by Gasteiger charge is -2.23. The van der Waals surface area contributed by atoms with Gasteiger partial charge in [0.25, 0.3) is 0 Å². The van der Waals surface area contributed by atoms with E-state index in [9.17, 15) is 8.78 Å². The van der Waals surface area contributed by atoms with Crippen molar-refractivity contribution >= 4 is 119 Å². The summed E-state index contributed by atoms with van der Waals surface area (Å²) in [4.78, 5) is 16.0. The van der Waals surface area contributed by atoms with Crippen molar-refractivity contribution in [2.75, 3.05) is 61.5 Å². The molecule has 0 spiro atoms. The van der Waals surface area contributed by atoms with Crippen LogP contribution in [0.5, 0.6) is 11.5 Å². The monoisotopic (exact) mass is 1020 g/mol. The Kier molecular flexibility index (Phi) is 10.9. The van der Waals surface area contributed by atoms with E-state index in [1.807, 2.05) is 6.07 Å². The highest BCUT2D eigenvalue weighted by atomic mass is 127. The van der Waals surface area contributed by atoms with Crippen LogP contribution >= 0.6 is 31.9 Å². The van der Waals surface area contributed by atoms with Crippen LogP contribution in [0.15, 0.2) is 93.9 Å². The first kappa shape index (κ1) is 40.4. The van der Waals surface area contributed by atoms with Gasteiger partial charge in [-0.3, -0.25) is 0 Å². The summed E-state index contributed by atoms with van der Waals surface area (Å²) in [5.74, 6) is 0.972. The number of hydrogen-bond donors (Lipinski definition) is 4. The Labute approximate surface area is 366 Å². The summed E-state index contributed by atoms with van der Waals surface area (Å²) >= 11 is 7.22. The number of halogens is 5. The van der Waals surface area contributed by atoms with Gasteiger partial charge >= 0.3 is 0 Å². The van der Waals surface area contributed by atoms with Crippen LogP contribution in [-0.4, -0.2) is 90.9 Å². The average molecular weight is 1020 g/mol. The molecule has 4 N–H and O–H groups in total. The van der Waals surface area contributed by atoms with Gasteiger partial charge in [-0.2, -0.15) is 0 Å². The first-order valence-corrected chi connectivity index (χ1v) is 20.3. The summed E-state index contributed by atoms with van der Waals surface area (Å²) in [5.41, 5.74) is 7.57. The van der Waals surface area contributed by atoms with E-state index in [1.54, 1.807) is 12.1 Å². The summed E-state index contributed by atoms with van der Waals surface area (Å²) in [6.07, 6.45) is 0. The van der Waals surface area contributed by atoms with Crippen LogP contribution < -0.4 is 33.5 Å². The molecule has 0 fully saturated rings. The van der Waals surface area contributed by atoms with E-state index in [4.69, 9.17) is 9.47 Å². The van der Waals surface area contributed by atoms with Crippen molar-refractivity contribution in [1.82, 2.24) is 24.8 Å². The first-order chi connectivity index (χ1) is 27.3. The van der Waals surface area contributed by atoms with E-state index in [0.717, 1.165) is 97.9 Å². The maximum Gasteiger partial charge on any atom is 0.167 e. The zero-order valence-corrected chi connectivity index (χ0v) is 37.8. The molecule has 0 aliphatic rings. The number of H-pyrrole nitrogens is 4. The number of ether oxygens (including phenoxy) is 2. The number of nitrogens with one attached hydrogen (secondary N) is 4. The van der Waals surface area contributed by atoms with E-state index < -0.39 is 0 Å². The molecule has 298 valence electrons. The van der Waals surface area contributed by atoms with Crippen LogP contribution in [0.1, 0.15) is 0 Å². The summed E-state index contributed by atoms with van der Waals surface area (Å²) < 4.78 is 43.4. The van der Waals surface area contributed by atoms with Crippen LogP contribution in [-0.2, 0) is 0 Å². The number of aromatic amines is 4. The zero-order valence-electron chi connectivity index (χ0n) is 32.5. The Bertz CT molecular complexity index is 2990. The number of quaternary nitrogens is 1. The Morgan fingerprint density at radius 1 is 0.517 bits per heavy atom. The van der Waals surface area contributed by atoms with Gasteiger partial charge in [0.15, 0.2) is 11.5 Å². The van der Waals surface area contributed by atoms with Gasteiger partial charge in [0, 0.05) is 80.6 Å². The van der Waals surface area contributed by atoms with Crippen molar-refractivity contribution < 1.29 is 46.7 Å². The Balaban J connectivity index is 0.000000159. The molecule has 4 aromatic heterocycles. The maximum atomic E-state index is 13.9. The van der Waals surface area contributed by atoms with Crippen molar-refractivity contribution in [2.45, 2.75) is 0 Å². The molecule has 0 atom stereocenters. The third-order valence-corrected chi connectivity index (χ3v) is 11.5. The fourth-order valence-corrected chi connectivity index (χ4v) is 8.36. The highest BCUT2D eigenvalue weighted by Crippen LogP contribution is 2.43. The Morgan fingerprint density at radius 3 is 1.26 bits per heavy atom. The van der Waals surface area contributed by atoms with Crippen molar-refractivity contribution in [3.05, 3.63) is 106 Å². The number of hydrogen-bond acceptors (Lipinski definition) is 3. The van der Waals surface area contributed by atoms with Gasteiger partial charge in [0.05, 0.1) is 43.2 Å². The molecule has 0 saturated heterocycles. The molecule has 8 nitrogen and oxygen atoms in total. The highest BCUT2D eigenvalue weighted by molar-refractivity contribution is 9.10. The molecule has 58 heavy (non-hydrogen) atoms. The second kappa shape index (κ2) is 15.6. The van der Waals surface area contributed by atoms with Crippen molar-refractivity contribution in [1.29, 1.82) is 0 Å². The third kappa shape index (κ3) is 7.51. The molecule has 0 aliphatic heterocycles. The number of fused-ring (bicyclic) bond motifs is 12. The van der Waals surface area contributed by atoms with Crippen molar-refractivity contribution in [3.63, 3.8) is 0 Å². The van der Waals surface area contributed by atoms with Gasteiger partial charge in [0.2, 0.25) is 0 Å². The predicted octanol–water partition coefficient (Wildman–Crippen LogP) is 8.74. The lowest BCUT2D eigenvalue weighted by molar-refractivity contribution is -0.870. The molecular weight excluding hydrogens is 981 g/mol. The smallest absolute Gasteiger partial charge is 0.167 e. The van der Waals surface area contributed by atoms with Crippen LogP contribution in [0.25, 0.3) is 87.2 Å². The molecule has 0 unspecified atom stereocenters. The number of aromatic nitrogens is 4. The summed E-state index contributed by atoms with van der Waals surface area (Å²) in [5, 5.41) is 8.00. The minimum absolute atomic E-state index is 0. The lowest BCUT2D eigenvalue weighted by atomic mass is 10.1. The average Bonchev–Trinajstić information content (AvgIpc) is 3.91. The van der Waals surface area contributed by atoms with Crippen LogP contribution in [0.2, 0.25) is 0 Å². The second-order valence-corrected chi connectivity index (χ2v) is 17.7. The van der Waals surface area contributed by atoms with Gasteiger partial charge in [0.1, 0.15) is 31.4 Å². The molecule has 10 rings (SSSR count). The lowest BCUT2D eigenvalue weighted by Crippen LogP contribution is -3.00. The fraction of sp³-hybridized carbons (Fsp3) is 0.200. The fourth-order valence-electron chi connectivity index (χ4n) is 7.64. The highest BCUT2D eigenvalue weighted by Gasteiger charge is 2.20. The zero-order chi connectivity index (χ0) is 39.7. The predicted molar refractivity (Wildman–Crippen MR) is 238 cm³/mol. The molecule has 6 aromatic carbocycles. The summed E-state index contributed by atoms with van der Waals surface area (Å²) in [7, 11) is 10.4. The van der Waals surface area contributed by atoms with E-state index in [2.05, 4.69) is 134 Å². The van der Waals surface area contributed by atoms with Gasteiger partial charge < -0.3 is 62.8 Å². The van der Waals surface area contributed by atoms with Crippen molar-refractivity contribution in [2.24, 2.45) is 0 Å². The quantitative estimate of drug-likeness (QED) is 0.0909.